The molecule has 37 heavy (non-hydrogen) atoms. The normalized spacial score (nSPS) is 27.9. The molecule has 3 atom stereocenters. The number of piperidine rings is 1. The molecule has 1 saturated carbocycles. The van der Waals surface area contributed by atoms with Crippen LogP contribution in [0, 0.1) is 17.8 Å². The summed E-state index contributed by atoms with van der Waals surface area (Å²) in [5.74, 6) is 3.16. The monoisotopic (exact) mass is 503 g/mol. The Bertz CT molecular complexity index is 1080. The van der Waals surface area contributed by atoms with Crippen molar-refractivity contribution >= 4 is 17.4 Å². The Kier molecular flexibility index (Phi) is 6.61. The first kappa shape index (κ1) is 24.7. The van der Waals surface area contributed by atoms with Gasteiger partial charge in [0.1, 0.15) is 5.82 Å². The van der Waals surface area contributed by atoms with Gasteiger partial charge < -0.3 is 19.9 Å². The summed E-state index contributed by atoms with van der Waals surface area (Å²) in [7, 11) is 0. The summed E-state index contributed by atoms with van der Waals surface area (Å²) in [6, 6.07) is 13.1. The molecule has 1 aromatic heterocycles. The molecular weight excluding hydrogens is 462 g/mol. The predicted molar refractivity (Wildman–Crippen MR) is 147 cm³/mol. The van der Waals surface area contributed by atoms with Crippen LogP contribution in [0.4, 0.5) is 11.5 Å². The molecule has 4 aliphatic rings. The molecular formula is C30H41N5O2. The average Bonchev–Trinajstić information content (AvgIpc) is 3.26. The van der Waals surface area contributed by atoms with Crippen molar-refractivity contribution < 1.29 is 9.53 Å². The van der Waals surface area contributed by atoms with Gasteiger partial charge in [0.25, 0.3) is 5.91 Å². The number of aromatic nitrogens is 1. The first-order chi connectivity index (χ1) is 17.9. The number of nitrogens with zero attached hydrogens (tertiary/aromatic N) is 4. The van der Waals surface area contributed by atoms with Gasteiger partial charge in [-0.25, -0.2) is 4.98 Å². The fourth-order valence-corrected chi connectivity index (χ4v) is 6.52. The maximum absolute atomic E-state index is 13.0. The minimum absolute atomic E-state index is 0.104. The molecule has 0 spiro atoms. The number of carbonyl (C=O) groups is 1. The third-order valence-electron chi connectivity index (χ3n) is 9.00. The number of morpholine rings is 1. The summed E-state index contributed by atoms with van der Waals surface area (Å²) in [6.45, 7) is 15.3. The number of anilines is 2. The first-order valence-electron chi connectivity index (χ1n) is 14.0. The number of likely N-dealkylation sites (tertiary alicyclic amines) is 1. The van der Waals surface area contributed by atoms with Crippen LogP contribution in [0.3, 0.4) is 0 Å². The van der Waals surface area contributed by atoms with Gasteiger partial charge in [-0.05, 0) is 59.4 Å². The lowest BCUT2D eigenvalue weighted by Crippen LogP contribution is -2.44. The van der Waals surface area contributed by atoms with Crippen molar-refractivity contribution in [2.45, 2.75) is 38.6 Å². The number of ether oxygens (including phenoxy) is 1. The summed E-state index contributed by atoms with van der Waals surface area (Å²) in [4.78, 5) is 24.8. The molecule has 4 fully saturated rings. The Hall–Kier alpha value is -2.64. The van der Waals surface area contributed by atoms with Crippen molar-refractivity contribution in [3.63, 3.8) is 0 Å². The van der Waals surface area contributed by atoms with E-state index < -0.39 is 0 Å². The lowest BCUT2D eigenvalue weighted by Gasteiger charge is -2.32. The van der Waals surface area contributed by atoms with Crippen molar-refractivity contribution in [1.82, 2.24) is 14.8 Å². The van der Waals surface area contributed by atoms with E-state index in [4.69, 9.17) is 9.72 Å². The molecule has 3 saturated heterocycles. The molecule has 3 aliphatic heterocycles. The second-order valence-corrected chi connectivity index (χ2v) is 12.4. The quantitative estimate of drug-likeness (QED) is 0.649. The topological polar surface area (TPSA) is 60.9 Å². The molecule has 1 N–H and O–H groups in total. The Morgan fingerprint density at radius 3 is 2.38 bits per heavy atom. The molecule has 7 heteroatoms. The Morgan fingerprint density at radius 1 is 1.00 bits per heavy atom. The Labute approximate surface area is 221 Å². The standard InChI is InChI=1S/C30H41N5O2/c1-30(2,3)22-6-4-21(5-7-22)29(36)35-19-26-25(27(26)20-35)17-31-23-8-9-28(32-16-23)34-11-10-24(18-34)33-12-14-37-15-13-33/h4-9,16,24-27,31H,10-15,17-20H2,1-3H3. The highest BCUT2D eigenvalue weighted by Gasteiger charge is 2.56. The van der Waals surface area contributed by atoms with Crippen LogP contribution in [-0.4, -0.2) is 85.8 Å². The molecule has 2 aromatic rings. The van der Waals surface area contributed by atoms with Gasteiger partial charge in [-0.3, -0.25) is 9.69 Å². The molecule has 198 valence electrons. The highest BCUT2D eigenvalue weighted by Crippen LogP contribution is 2.51. The van der Waals surface area contributed by atoms with Crippen LogP contribution in [0.2, 0.25) is 0 Å². The minimum atomic E-state index is 0.104. The van der Waals surface area contributed by atoms with Crippen LogP contribution in [0.15, 0.2) is 42.6 Å². The van der Waals surface area contributed by atoms with Crippen molar-refractivity contribution in [2.75, 3.05) is 69.2 Å². The van der Waals surface area contributed by atoms with E-state index in [2.05, 4.69) is 65.1 Å². The maximum Gasteiger partial charge on any atom is 0.253 e. The molecule has 7 nitrogen and oxygen atoms in total. The van der Waals surface area contributed by atoms with E-state index in [1.165, 1.54) is 12.0 Å². The fourth-order valence-electron chi connectivity index (χ4n) is 6.52. The molecule has 3 unspecified atom stereocenters. The summed E-state index contributed by atoms with van der Waals surface area (Å²) in [6.07, 6.45) is 3.18. The van der Waals surface area contributed by atoms with Gasteiger partial charge in [0.15, 0.2) is 0 Å². The van der Waals surface area contributed by atoms with Crippen molar-refractivity contribution in [3.05, 3.63) is 53.7 Å². The van der Waals surface area contributed by atoms with Crippen LogP contribution >= 0.6 is 0 Å². The van der Waals surface area contributed by atoms with Gasteiger partial charge in [-0.15, -0.1) is 0 Å². The lowest BCUT2D eigenvalue weighted by molar-refractivity contribution is 0.0209. The van der Waals surface area contributed by atoms with Gasteiger partial charge in [0.2, 0.25) is 0 Å². The van der Waals surface area contributed by atoms with Gasteiger partial charge in [0, 0.05) is 57.4 Å². The highest BCUT2D eigenvalue weighted by molar-refractivity contribution is 5.94. The molecule has 6 rings (SSSR count). The van der Waals surface area contributed by atoms with E-state index in [0.717, 1.165) is 76.1 Å². The predicted octanol–water partition coefficient (Wildman–Crippen LogP) is 3.72. The van der Waals surface area contributed by atoms with Crippen molar-refractivity contribution in [3.8, 4) is 0 Å². The molecule has 4 heterocycles. The Morgan fingerprint density at radius 2 is 1.73 bits per heavy atom. The summed E-state index contributed by atoms with van der Waals surface area (Å²) < 4.78 is 5.51. The number of hydrogen-bond donors (Lipinski definition) is 1. The molecule has 1 amide bonds. The van der Waals surface area contributed by atoms with Gasteiger partial charge in [0.05, 0.1) is 25.1 Å². The van der Waals surface area contributed by atoms with E-state index >= 15 is 0 Å². The zero-order valence-electron chi connectivity index (χ0n) is 22.5. The number of fused-ring (bicyclic) bond motifs is 1. The number of nitrogens with one attached hydrogen (secondary N) is 1. The van der Waals surface area contributed by atoms with Crippen LogP contribution in [0.1, 0.15) is 43.1 Å². The number of hydrogen-bond acceptors (Lipinski definition) is 6. The second-order valence-electron chi connectivity index (χ2n) is 12.4. The fraction of sp³-hybridized carbons (Fsp3) is 0.600. The van der Waals surface area contributed by atoms with Crippen LogP contribution in [0.5, 0.6) is 0 Å². The van der Waals surface area contributed by atoms with Gasteiger partial charge >= 0.3 is 0 Å². The van der Waals surface area contributed by atoms with Crippen LogP contribution in [-0.2, 0) is 10.2 Å². The van der Waals surface area contributed by atoms with E-state index in [1.54, 1.807) is 0 Å². The highest BCUT2D eigenvalue weighted by atomic mass is 16.5. The van der Waals surface area contributed by atoms with Crippen LogP contribution < -0.4 is 10.2 Å². The maximum atomic E-state index is 13.0. The zero-order valence-corrected chi connectivity index (χ0v) is 22.5. The third-order valence-corrected chi connectivity index (χ3v) is 9.00. The summed E-state index contributed by atoms with van der Waals surface area (Å²) >= 11 is 0. The molecule has 0 radical (unpaired) electrons. The second kappa shape index (κ2) is 9.91. The van der Waals surface area contributed by atoms with E-state index in [0.29, 0.717) is 23.8 Å². The van der Waals surface area contributed by atoms with E-state index in [1.807, 2.05) is 18.3 Å². The van der Waals surface area contributed by atoms with Gasteiger partial charge in [-0.1, -0.05) is 32.9 Å². The molecule has 1 aromatic carbocycles. The largest absolute Gasteiger partial charge is 0.383 e. The molecule has 0 bridgehead atoms. The third kappa shape index (κ3) is 5.21. The first-order valence-corrected chi connectivity index (χ1v) is 14.0. The smallest absolute Gasteiger partial charge is 0.253 e. The van der Waals surface area contributed by atoms with Crippen molar-refractivity contribution in [1.29, 1.82) is 0 Å². The van der Waals surface area contributed by atoms with E-state index in [-0.39, 0.29) is 11.3 Å². The number of amides is 1. The number of carbonyl (C=O) groups excluding carboxylic acids is 1. The lowest BCUT2D eigenvalue weighted by atomic mass is 9.86. The summed E-state index contributed by atoms with van der Waals surface area (Å²) in [5.41, 5.74) is 3.27. The SMILES string of the molecule is CC(C)(C)c1ccc(C(=O)N2CC3C(CNc4ccc(N5CCC(N6CCOCC6)C5)nc4)C3C2)cc1. The number of benzene rings is 1. The number of rotatable bonds is 6. The minimum Gasteiger partial charge on any atom is -0.383 e. The zero-order chi connectivity index (χ0) is 25.6. The Balaban J connectivity index is 0.950. The van der Waals surface area contributed by atoms with Crippen molar-refractivity contribution in [2.24, 2.45) is 17.8 Å². The summed E-state index contributed by atoms with van der Waals surface area (Å²) in [5, 5.41) is 3.60. The van der Waals surface area contributed by atoms with Gasteiger partial charge in [-0.2, -0.15) is 0 Å². The van der Waals surface area contributed by atoms with Crippen LogP contribution in [0.25, 0.3) is 0 Å². The average molecular weight is 504 g/mol. The number of pyridine rings is 1. The molecule has 1 aliphatic carbocycles. The van der Waals surface area contributed by atoms with E-state index in [9.17, 15) is 4.79 Å².